The predicted octanol–water partition coefficient (Wildman–Crippen LogP) is 1.09. The smallest absolute Gasteiger partial charge is 0.276 e. The van der Waals surface area contributed by atoms with Crippen LogP contribution in [0, 0.1) is 0 Å². The second-order valence-electron chi connectivity index (χ2n) is 9.29. The zero-order valence-electron chi connectivity index (χ0n) is 22.2. The van der Waals surface area contributed by atoms with E-state index < -0.39 is 0 Å². The molecule has 2 aromatic carbocycles. The van der Waals surface area contributed by atoms with E-state index in [1.807, 2.05) is 0 Å². The molecule has 0 N–H and O–H groups in total. The van der Waals surface area contributed by atoms with Crippen molar-refractivity contribution in [3.8, 4) is 0 Å². The molecule has 0 bridgehead atoms. The van der Waals surface area contributed by atoms with Gasteiger partial charge in [-0.15, -0.1) is 0 Å². The largest absolute Gasteiger partial charge is 0.378 e. The lowest BCUT2D eigenvalue weighted by atomic mass is 10.1. The molecule has 0 saturated carbocycles. The van der Waals surface area contributed by atoms with Crippen LogP contribution in [0.1, 0.15) is 41.4 Å². The van der Waals surface area contributed by atoms with Crippen LogP contribution >= 0.6 is 0 Å². The average molecular weight is 553 g/mol. The summed E-state index contributed by atoms with van der Waals surface area (Å²) in [7, 11) is 0. The Morgan fingerprint density at radius 1 is 0.400 bits per heavy atom. The highest BCUT2D eigenvalue weighted by atomic mass is 16.5. The quantitative estimate of drug-likeness (QED) is 0.501. The highest BCUT2D eigenvalue weighted by molar-refractivity contribution is 6.21. The summed E-state index contributed by atoms with van der Waals surface area (Å²) in [5.41, 5.74) is 1.52. The molecule has 12 heteroatoms. The Bertz CT molecular complexity index is 1070. The maximum Gasteiger partial charge on any atom is 0.276 e. The van der Waals surface area contributed by atoms with Gasteiger partial charge in [-0.05, 0) is 24.3 Å². The van der Waals surface area contributed by atoms with Crippen molar-refractivity contribution < 1.29 is 38.1 Å². The number of amides is 4. The lowest BCUT2D eigenvalue weighted by Gasteiger charge is -2.30. The molecule has 0 spiro atoms. The van der Waals surface area contributed by atoms with Crippen LogP contribution in [-0.4, -0.2) is 123 Å². The fourth-order valence-electron chi connectivity index (χ4n) is 4.81. The third kappa shape index (κ3) is 5.97. The number of hydrogen-bond donors (Lipinski definition) is 0. The van der Waals surface area contributed by atoms with Gasteiger partial charge >= 0.3 is 0 Å². The van der Waals surface area contributed by atoms with E-state index in [9.17, 15) is 19.2 Å². The van der Waals surface area contributed by atoms with Crippen LogP contribution in [0.4, 0.5) is 0 Å². The van der Waals surface area contributed by atoms with Gasteiger partial charge in [0.05, 0.1) is 75.1 Å². The van der Waals surface area contributed by atoms with Crippen LogP contribution in [0.15, 0.2) is 48.5 Å². The van der Waals surface area contributed by atoms with Gasteiger partial charge in [0.2, 0.25) is 0 Å². The van der Waals surface area contributed by atoms with Gasteiger partial charge in [0.25, 0.3) is 23.6 Å². The Labute approximate surface area is 231 Å². The molecular formula is C28H32N4O8. The zero-order valence-corrected chi connectivity index (χ0v) is 22.2. The van der Waals surface area contributed by atoms with Crippen molar-refractivity contribution in [2.45, 2.75) is 0 Å². The second kappa shape index (κ2) is 13.2. The van der Waals surface area contributed by atoms with Gasteiger partial charge in [0, 0.05) is 26.2 Å². The Balaban J connectivity index is 1.16. The molecule has 2 aromatic rings. The summed E-state index contributed by atoms with van der Waals surface area (Å²) in [5.74, 6) is -1.46. The van der Waals surface area contributed by atoms with Gasteiger partial charge in [0.15, 0.2) is 0 Å². The number of nitrogens with zero attached hydrogens (tertiary/aromatic N) is 4. The molecule has 212 valence electrons. The van der Waals surface area contributed by atoms with Gasteiger partial charge in [-0.25, -0.2) is 20.0 Å². The summed E-state index contributed by atoms with van der Waals surface area (Å²) in [6.45, 7) is 3.45. The molecule has 4 amide bonds. The summed E-state index contributed by atoms with van der Waals surface area (Å²) < 4.78 is 22.8. The molecular weight excluding hydrogens is 520 g/mol. The van der Waals surface area contributed by atoms with E-state index in [-0.39, 0.29) is 50.1 Å². The van der Waals surface area contributed by atoms with Crippen molar-refractivity contribution >= 4 is 23.6 Å². The summed E-state index contributed by atoms with van der Waals surface area (Å²) in [5, 5.41) is 5.62. The van der Waals surface area contributed by atoms with Crippen LogP contribution in [0.3, 0.4) is 0 Å². The maximum absolute atomic E-state index is 13.0. The van der Waals surface area contributed by atoms with E-state index in [1.165, 1.54) is 0 Å². The molecule has 3 heterocycles. The molecule has 3 aliphatic rings. The van der Waals surface area contributed by atoms with Crippen LogP contribution in [0.25, 0.3) is 0 Å². The monoisotopic (exact) mass is 552 g/mol. The Morgan fingerprint density at radius 3 is 0.900 bits per heavy atom. The summed E-state index contributed by atoms with van der Waals surface area (Å²) in [4.78, 5) is 51.8. The number of hydrazine groups is 2. The summed E-state index contributed by atoms with van der Waals surface area (Å²) in [6.07, 6.45) is 0. The minimum absolute atomic E-state index is 0.265. The molecule has 1 saturated heterocycles. The van der Waals surface area contributed by atoms with Gasteiger partial charge in [-0.3, -0.25) is 19.2 Å². The maximum atomic E-state index is 13.0. The lowest BCUT2D eigenvalue weighted by Crippen LogP contribution is -2.49. The molecule has 0 radical (unpaired) electrons. The minimum atomic E-state index is -0.364. The number of ether oxygens (including phenoxy) is 4. The third-order valence-electron chi connectivity index (χ3n) is 6.83. The number of carbonyl (C=O) groups excluding carboxylic acids is 4. The number of imide groups is 2. The highest BCUT2D eigenvalue weighted by Gasteiger charge is 2.40. The standard InChI is InChI=1S/C28H32N4O8/c33-25-21-5-1-2-6-22(21)26(34)31(25)29-9-13-37-17-19-39-15-11-30(12-16-40-20-18-38-14-10-29)32-27(35)23-7-3-4-8-24(23)28(32)36/h1-8H,9-20H2. The molecule has 12 nitrogen and oxygen atoms in total. The molecule has 40 heavy (non-hydrogen) atoms. The molecule has 0 aliphatic carbocycles. The van der Waals surface area contributed by atoms with E-state index in [0.29, 0.717) is 74.9 Å². The van der Waals surface area contributed by atoms with Crippen molar-refractivity contribution in [2.24, 2.45) is 0 Å². The lowest BCUT2D eigenvalue weighted by molar-refractivity contribution is -0.0489. The molecule has 0 unspecified atom stereocenters. The third-order valence-corrected chi connectivity index (χ3v) is 6.83. The van der Waals surface area contributed by atoms with E-state index in [1.54, 1.807) is 58.5 Å². The van der Waals surface area contributed by atoms with Gasteiger partial charge in [-0.1, -0.05) is 24.3 Å². The number of benzene rings is 2. The number of carbonyl (C=O) groups is 4. The molecule has 1 fully saturated rings. The van der Waals surface area contributed by atoms with Crippen LogP contribution < -0.4 is 0 Å². The fraction of sp³-hybridized carbons (Fsp3) is 0.429. The Morgan fingerprint density at radius 2 is 0.650 bits per heavy atom. The first-order valence-electron chi connectivity index (χ1n) is 13.3. The highest BCUT2D eigenvalue weighted by Crippen LogP contribution is 2.25. The molecule has 0 aromatic heterocycles. The summed E-state index contributed by atoms with van der Waals surface area (Å²) >= 11 is 0. The number of hydrogen-bond acceptors (Lipinski definition) is 10. The van der Waals surface area contributed by atoms with Gasteiger partial charge in [0.1, 0.15) is 0 Å². The minimum Gasteiger partial charge on any atom is -0.378 e. The first kappa shape index (κ1) is 28.0. The number of fused-ring (bicyclic) bond motifs is 2. The van der Waals surface area contributed by atoms with Crippen molar-refractivity contribution in [3.05, 3.63) is 70.8 Å². The molecule has 5 rings (SSSR count). The predicted molar refractivity (Wildman–Crippen MR) is 140 cm³/mol. The van der Waals surface area contributed by atoms with Crippen molar-refractivity contribution in [1.82, 2.24) is 20.0 Å². The van der Waals surface area contributed by atoms with Crippen LogP contribution in [0.2, 0.25) is 0 Å². The molecule has 3 aliphatic heterocycles. The van der Waals surface area contributed by atoms with Crippen LogP contribution in [0.5, 0.6) is 0 Å². The first-order chi connectivity index (χ1) is 19.6. The zero-order chi connectivity index (χ0) is 27.9. The average Bonchev–Trinajstić information content (AvgIpc) is 3.37. The van der Waals surface area contributed by atoms with Gasteiger partial charge in [-0.2, -0.15) is 0 Å². The normalized spacial score (nSPS) is 21.3. The Hall–Kier alpha value is -3.52. The topological polar surface area (TPSA) is 118 Å². The fourth-order valence-corrected chi connectivity index (χ4v) is 4.81. The number of rotatable bonds is 2. The summed E-state index contributed by atoms with van der Waals surface area (Å²) in [6, 6.07) is 13.5. The van der Waals surface area contributed by atoms with Crippen molar-refractivity contribution in [2.75, 3.05) is 79.0 Å². The van der Waals surface area contributed by atoms with E-state index in [4.69, 9.17) is 18.9 Å². The first-order valence-corrected chi connectivity index (χ1v) is 13.3. The van der Waals surface area contributed by atoms with Crippen molar-refractivity contribution in [3.63, 3.8) is 0 Å². The second-order valence-corrected chi connectivity index (χ2v) is 9.29. The van der Waals surface area contributed by atoms with E-state index >= 15 is 0 Å². The Kier molecular flexibility index (Phi) is 9.26. The van der Waals surface area contributed by atoms with Crippen molar-refractivity contribution in [1.29, 1.82) is 0 Å². The van der Waals surface area contributed by atoms with E-state index in [2.05, 4.69) is 0 Å². The van der Waals surface area contributed by atoms with E-state index in [0.717, 1.165) is 10.0 Å². The van der Waals surface area contributed by atoms with Crippen LogP contribution in [-0.2, 0) is 18.9 Å². The van der Waals surface area contributed by atoms with Gasteiger partial charge < -0.3 is 18.9 Å². The molecule has 0 atom stereocenters. The SMILES string of the molecule is O=C1c2ccccc2C(=O)N1N1CCOCCOCCN(N2C(=O)c3ccccc3C2=O)CCOCCOCC1.